The molecule has 5 heterocycles. The minimum atomic E-state index is -1.02. The summed E-state index contributed by atoms with van der Waals surface area (Å²) in [5.41, 5.74) is 2.66. The van der Waals surface area contributed by atoms with Crippen molar-refractivity contribution in [3.8, 4) is 5.75 Å². The zero-order valence-corrected chi connectivity index (χ0v) is 23.4. The van der Waals surface area contributed by atoms with Gasteiger partial charge in [-0.05, 0) is 75.0 Å². The highest BCUT2D eigenvalue weighted by atomic mass is 35.5. The molecule has 2 saturated heterocycles. The van der Waals surface area contributed by atoms with E-state index in [0.29, 0.717) is 27.6 Å². The van der Waals surface area contributed by atoms with Crippen LogP contribution in [0.5, 0.6) is 5.75 Å². The molecule has 6 rings (SSSR count). The van der Waals surface area contributed by atoms with Crippen molar-refractivity contribution in [2.24, 2.45) is 10.9 Å². The lowest BCUT2D eigenvalue weighted by Gasteiger charge is -2.33. The molecule has 0 amide bonds. The molecule has 3 aromatic rings. The number of aliphatic imine (C=N–C) groups is 1. The van der Waals surface area contributed by atoms with E-state index in [0.717, 1.165) is 81.2 Å². The van der Waals surface area contributed by atoms with Gasteiger partial charge >= 0.3 is 5.97 Å². The third-order valence-corrected chi connectivity index (χ3v) is 8.37. The van der Waals surface area contributed by atoms with Gasteiger partial charge in [0.1, 0.15) is 17.2 Å². The van der Waals surface area contributed by atoms with Crippen molar-refractivity contribution in [1.29, 1.82) is 0 Å². The number of aromatic carboxylic acids is 1. The lowest BCUT2D eigenvalue weighted by Crippen LogP contribution is -2.39. The Balaban J connectivity index is 1.01. The Morgan fingerprint density at radius 3 is 2.70 bits per heavy atom. The van der Waals surface area contributed by atoms with Crippen LogP contribution in [0.4, 0.5) is 5.69 Å². The summed E-state index contributed by atoms with van der Waals surface area (Å²) in [4.78, 5) is 27.7. The first-order valence-electron chi connectivity index (χ1n) is 13.6. The second-order valence-electron chi connectivity index (χ2n) is 10.6. The lowest BCUT2D eigenvalue weighted by atomic mass is 9.89. The average molecular weight is 585 g/mol. The Labute approximate surface area is 242 Å². The molecule has 3 aliphatic heterocycles. The molecular formula is C29H30Cl2N4O5. The van der Waals surface area contributed by atoms with Crippen LogP contribution in [0.1, 0.15) is 59.4 Å². The standard InChI is InChI=1S/C29H30Cl2N4O5/c30-18-1-4-26(22(31)12-18)39-16-27-32-14-20(40-27)11-17-5-8-35(9-6-17)15-25-21(13-19-7-10-38-19)28-23(33-25)2-3-24(34-28)29(36)37/h1-4,12,14,17,19,21H,5-11,13,15-16H2,(H,36,37)/t19-,21?/m0/s1. The van der Waals surface area contributed by atoms with E-state index in [1.165, 1.54) is 6.07 Å². The molecular weight excluding hydrogens is 555 g/mol. The summed E-state index contributed by atoms with van der Waals surface area (Å²) in [5, 5.41) is 10.4. The molecule has 0 radical (unpaired) electrons. The number of piperidine rings is 1. The molecule has 0 saturated carbocycles. The van der Waals surface area contributed by atoms with Gasteiger partial charge in [0.05, 0.1) is 28.7 Å². The van der Waals surface area contributed by atoms with Crippen LogP contribution in [0, 0.1) is 5.92 Å². The van der Waals surface area contributed by atoms with Crippen LogP contribution in [0.3, 0.4) is 0 Å². The van der Waals surface area contributed by atoms with Gasteiger partial charge in [-0.2, -0.15) is 0 Å². The molecule has 0 spiro atoms. The normalized spacial score (nSPS) is 21.1. The third-order valence-electron chi connectivity index (χ3n) is 7.84. The van der Waals surface area contributed by atoms with E-state index in [2.05, 4.69) is 14.9 Å². The molecule has 2 fully saturated rings. The maximum Gasteiger partial charge on any atom is 0.354 e. The molecule has 0 aliphatic carbocycles. The summed E-state index contributed by atoms with van der Waals surface area (Å²) in [6.07, 6.45) is 6.70. The Bertz CT molecular complexity index is 1420. The van der Waals surface area contributed by atoms with Crippen LogP contribution in [0.15, 0.2) is 45.9 Å². The summed E-state index contributed by atoms with van der Waals surface area (Å²) in [7, 11) is 0. The van der Waals surface area contributed by atoms with Crippen LogP contribution in [-0.4, -0.2) is 64.0 Å². The monoisotopic (exact) mass is 584 g/mol. The fourth-order valence-corrected chi connectivity index (χ4v) is 6.02. The Morgan fingerprint density at radius 1 is 1.15 bits per heavy atom. The van der Waals surface area contributed by atoms with Gasteiger partial charge in [0.15, 0.2) is 6.61 Å². The maximum atomic E-state index is 11.5. The number of fused-ring (bicyclic) bond motifs is 1. The first-order valence-corrected chi connectivity index (χ1v) is 14.3. The van der Waals surface area contributed by atoms with Crippen LogP contribution in [-0.2, 0) is 17.8 Å². The Hall–Kier alpha value is -2.98. The zero-order valence-electron chi connectivity index (χ0n) is 21.9. The summed E-state index contributed by atoms with van der Waals surface area (Å²) in [5.74, 6) is 1.39. The van der Waals surface area contributed by atoms with Gasteiger partial charge in [-0.15, -0.1) is 0 Å². The number of hydrogen-bond donors (Lipinski definition) is 1. The van der Waals surface area contributed by atoms with Gasteiger partial charge < -0.3 is 19.0 Å². The molecule has 40 heavy (non-hydrogen) atoms. The van der Waals surface area contributed by atoms with Gasteiger partial charge in [-0.25, -0.2) is 14.8 Å². The zero-order chi connectivity index (χ0) is 27.6. The van der Waals surface area contributed by atoms with Gasteiger partial charge in [0.25, 0.3) is 0 Å². The van der Waals surface area contributed by atoms with E-state index in [4.69, 9.17) is 42.1 Å². The molecule has 210 valence electrons. The van der Waals surface area contributed by atoms with Crippen molar-refractivity contribution < 1.29 is 23.8 Å². The molecule has 2 aromatic heterocycles. The molecule has 1 unspecified atom stereocenters. The minimum absolute atomic E-state index is 0.00471. The molecule has 1 N–H and O–H groups in total. The quantitative estimate of drug-likeness (QED) is 0.311. The highest BCUT2D eigenvalue weighted by Crippen LogP contribution is 2.39. The number of halogens is 2. The number of carboxylic acid groups (broad SMARTS) is 1. The molecule has 0 bridgehead atoms. The number of aromatic nitrogens is 2. The number of nitrogens with zero attached hydrogens (tertiary/aromatic N) is 4. The van der Waals surface area contributed by atoms with E-state index >= 15 is 0 Å². The molecule has 1 aromatic carbocycles. The first kappa shape index (κ1) is 27.2. The summed E-state index contributed by atoms with van der Waals surface area (Å²) in [6.45, 7) is 3.64. The van der Waals surface area contributed by atoms with E-state index in [1.54, 1.807) is 30.5 Å². The maximum absolute atomic E-state index is 11.5. The highest BCUT2D eigenvalue weighted by molar-refractivity contribution is 6.35. The molecule has 9 nitrogen and oxygen atoms in total. The molecule has 11 heteroatoms. The predicted octanol–water partition coefficient (Wildman–Crippen LogP) is 5.96. The number of rotatable bonds is 10. The van der Waals surface area contributed by atoms with Crippen LogP contribution >= 0.6 is 23.2 Å². The molecule has 2 atom stereocenters. The van der Waals surface area contributed by atoms with Gasteiger partial charge in [0.2, 0.25) is 5.89 Å². The lowest BCUT2D eigenvalue weighted by molar-refractivity contribution is -0.0555. The van der Waals surface area contributed by atoms with Crippen LogP contribution in [0.2, 0.25) is 10.0 Å². The van der Waals surface area contributed by atoms with E-state index in [1.807, 2.05) is 0 Å². The number of oxazole rings is 1. The fraction of sp³-hybridized carbons (Fsp3) is 0.448. The predicted molar refractivity (Wildman–Crippen MR) is 150 cm³/mol. The van der Waals surface area contributed by atoms with Gasteiger partial charge in [0, 0.05) is 36.2 Å². The number of likely N-dealkylation sites (tertiary alicyclic amines) is 1. The minimum Gasteiger partial charge on any atom is -0.482 e. The average Bonchev–Trinajstić information content (AvgIpc) is 3.50. The SMILES string of the molecule is O=C(O)c1ccc2c(n1)C(C[C@@H]1CCO1)C(CN1CCC(Cc3cnc(COc4ccc(Cl)cc4Cl)o3)CC1)=N2. The Kier molecular flexibility index (Phi) is 8.07. The van der Waals surface area contributed by atoms with Crippen molar-refractivity contribution in [2.45, 2.75) is 50.7 Å². The number of pyridine rings is 1. The van der Waals surface area contributed by atoms with Crippen molar-refractivity contribution in [1.82, 2.24) is 14.9 Å². The van der Waals surface area contributed by atoms with Crippen LogP contribution in [0.25, 0.3) is 0 Å². The first-order chi connectivity index (χ1) is 19.4. The van der Waals surface area contributed by atoms with Crippen molar-refractivity contribution >= 4 is 40.6 Å². The second kappa shape index (κ2) is 11.9. The van der Waals surface area contributed by atoms with Crippen molar-refractivity contribution in [3.05, 3.63) is 69.6 Å². The number of benzene rings is 1. The van der Waals surface area contributed by atoms with Gasteiger partial charge in [-0.3, -0.25) is 9.89 Å². The van der Waals surface area contributed by atoms with Crippen LogP contribution < -0.4 is 4.74 Å². The topological polar surface area (TPSA) is 110 Å². The fourth-order valence-electron chi connectivity index (χ4n) is 5.56. The number of carbonyl (C=O) groups is 1. The van der Waals surface area contributed by atoms with Gasteiger partial charge in [-0.1, -0.05) is 23.2 Å². The van der Waals surface area contributed by atoms with E-state index < -0.39 is 5.97 Å². The van der Waals surface area contributed by atoms with Crippen molar-refractivity contribution in [3.63, 3.8) is 0 Å². The summed E-state index contributed by atoms with van der Waals surface area (Å²) < 4.78 is 17.4. The highest BCUT2D eigenvalue weighted by Gasteiger charge is 2.35. The largest absolute Gasteiger partial charge is 0.482 e. The second-order valence-corrected chi connectivity index (χ2v) is 11.4. The number of hydrogen-bond acceptors (Lipinski definition) is 8. The third kappa shape index (κ3) is 6.17. The number of ether oxygens (including phenoxy) is 2. The molecule has 3 aliphatic rings. The summed E-state index contributed by atoms with van der Waals surface area (Å²) >= 11 is 12.1. The van der Waals surface area contributed by atoms with E-state index in [-0.39, 0.29) is 24.3 Å². The smallest absolute Gasteiger partial charge is 0.354 e. The Morgan fingerprint density at radius 2 is 1.98 bits per heavy atom. The van der Waals surface area contributed by atoms with Crippen molar-refractivity contribution in [2.75, 3.05) is 26.2 Å². The number of carboxylic acids is 1. The van der Waals surface area contributed by atoms with E-state index in [9.17, 15) is 9.90 Å². The summed E-state index contributed by atoms with van der Waals surface area (Å²) in [6, 6.07) is 8.40.